The predicted octanol–water partition coefficient (Wildman–Crippen LogP) is 2.64. The molecule has 1 saturated heterocycles. The maximum Gasteiger partial charge on any atom is 0.329 e. The van der Waals surface area contributed by atoms with Gasteiger partial charge in [-0.05, 0) is 25.0 Å². The van der Waals surface area contributed by atoms with Crippen molar-refractivity contribution in [2.45, 2.75) is 44.7 Å². The second-order valence-corrected chi connectivity index (χ2v) is 7.04. The number of ether oxygens (including phenoxy) is 1. The van der Waals surface area contributed by atoms with Crippen molar-refractivity contribution in [1.29, 1.82) is 0 Å². The van der Waals surface area contributed by atoms with Crippen LogP contribution < -0.4 is 5.69 Å². The lowest BCUT2D eigenvalue weighted by atomic mass is 9.95. The predicted molar refractivity (Wildman–Crippen MR) is 95.6 cm³/mol. The molecule has 5 heteroatoms. The number of hydrogen-bond donors (Lipinski definition) is 0. The van der Waals surface area contributed by atoms with E-state index in [1.165, 1.54) is 19.3 Å². The van der Waals surface area contributed by atoms with Crippen LogP contribution in [0.4, 0.5) is 0 Å². The fourth-order valence-electron chi connectivity index (χ4n) is 4.21. The number of imidazole rings is 1. The van der Waals surface area contributed by atoms with Crippen molar-refractivity contribution in [3.63, 3.8) is 0 Å². The van der Waals surface area contributed by atoms with Crippen molar-refractivity contribution < 1.29 is 4.74 Å². The normalized spacial score (nSPS) is 20.7. The van der Waals surface area contributed by atoms with Gasteiger partial charge >= 0.3 is 5.69 Å². The third kappa shape index (κ3) is 3.03. The highest BCUT2D eigenvalue weighted by Gasteiger charge is 2.22. The first kappa shape index (κ1) is 15.9. The molecule has 0 bridgehead atoms. The summed E-state index contributed by atoms with van der Waals surface area (Å²) in [5.74, 6) is 0. The van der Waals surface area contributed by atoms with Crippen LogP contribution in [0.15, 0.2) is 29.1 Å². The average molecular weight is 329 g/mol. The van der Waals surface area contributed by atoms with Crippen LogP contribution >= 0.6 is 0 Å². The van der Waals surface area contributed by atoms with E-state index in [0.29, 0.717) is 6.04 Å². The number of benzene rings is 1. The van der Waals surface area contributed by atoms with E-state index >= 15 is 0 Å². The Hall–Kier alpha value is -1.59. The van der Waals surface area contributed by atoms with Gasteiger partial charge in [0.25, 0.3) is 0 Å². The standard InChI is InChI=1S/C19H27N3O2/c23-19-21(11-10-20-12-14-24-15-13-20)17-8-4-5-9-18(17)22(19)16-6-2-1-3-7-16/h4-5,8-9,16H,1-3,6-7,10-15H2. The molecule has 0 unspecified atom stereocenters. The van der Waals surface area contributed by atoms with Gasteiger partial charge in [-0.25, -0.2) is 4.79 Å². The molecule has 0 amide bonds. The molecule has 1 aromatic carbocycles. The highest BCUT2D eigenvalue weighted by Crippen LogP contribution is 2.29. The molecule has 0 atom stereocenters. The van der Waals surface area contributed by atoms with Gasteiger partial charge in [0.2, 0.25) is 0 Å². The number of fused-ring (bicyclic) bond motifs is 1. The van der Waals surface area contributed by atoms with E-state index in [0.717, 1.165) is 63.3 Å². The van der Waals surface area contributed by atoms with Gasteiger partial charge < -0.3 is 4.74 Å². The molecule has 1 aliphatic heterocycles. The number of aromatic nitrogens is 2. The van der Waals surface area contributed by atoms with Crippen LogP contribution in [-0.2, 0) is 11.3 Å². The van der Waals surface area contributed by atoms with Crippen LogP contribution in [0.1, 0.15) is 38.1 Å². The lowest BCUT2D eigenvalue weighted by Gasteiger charge is -2.26. The quantitative estimate of drug-likeness (QED) is 0.866. The minimum Gasteiger partial charge on any atom is -0.379 e. The maximum absolute atomic E-state index is 13.1. The fraction of sp³-hybridized carbons (Fsp3) is 0.632. The molecule has 1 saturated carbocycles. The van der Waals surface area contributed by atoms with Gasteiger partial charge in [0.15, 0.2) is 0 Å². The number of hydrogen-bond acceptors (Lipinski definition) is 3. The first-order chi connectivity index (χ1) is 11.8. The number of rotatable bonds is 4. The molecular weight excluding hydrogens is 302 g/mol. The maximum atomic E-state index is 13.1. The second kappa shape index (κ2) is 7.11. The molecular formula is C19H27N3O2. The first-order valence-electron chi connectivity index (χ1n) is 9.34. The summed E-state index contributed by atoms with van der Waals surface area (Å²) < 4.78 is 9.48. The van der Waals surface area contributed by atoms with E-state index in [-0.39, 0.29) is 5.69 Å². The van der Waals surface area contributed by atoms with Gasteiger partial charge in [0.05, 0.1) is 24.2 Å². The number of para-hydroxylation sites is 2. The highest BCUT2D eigenvalue weighted by atomic mass is 16.5. The van der Waals surface area contributed by atoms with Crippen LogP contribution in [-0.4, -0.2) is 46.9 Å². The van der Waals surface area contributed by atoms with Gasteiger partial charge in [-0.3, -0.25) is 14.0 Å². The van der Waals surface area contributed by atoms with E-state index in [4.69, 9.17) is 4.74 Å². The smallest absolute Gasteiger partial charge is 0.329 e. The third-order valence-electron chi connectivity index (χ3n) is 5.55. The zero-order valence-electron chi connectivity index (χ0n) is 14.3. The summed E-state index contributed by atoms with van der Waals surface area (Å²) in [6, 6.07) is 8.66. The van der Waals surface area contributed by atoms with Gasteiger partial charge in [0.1, 0.15) is 0 Å². The van der Waals surface area contributed by atoms with Crippen LogP contribution in [0.2, 0.25) is 0 Å². The summed E-state index contributed by atoms with van der Waals surface area (Å²) in [5.41, 5.74) is 2.37. The molecule has 130 valence electrons. The van der Waals surface area contributed by atoms with Crippen LogP contribution in [0.25, 0.3) is 11.0 Å². The van der Waals surface area contributed by atoms with Crippen molar-refractivity contribution in [2.75, 3.05) is 32.8 Å². The molecule has 24 heavy (non-hydrogen) atoms. The Kier molecular flexibility index (Phi) is 4.72. The third-order valence-corrected chi connectivity index (χ3v) is 5.55. The molecule has 5 nitrogen and oxygen atoms in total. The van der Waals surface area contributed by atoms with E-state index in [9.17, 15) is 4.79 Å². The van der Waals surface area contributed by atoms with Crippen molar-refractivity contribution in [1.82, 2.24) is 14.0 Å². The molecule has 1 aliphatic carbocycles. The van der Waals surface area contributed by atoms with Crippen LogP contribution in [0, 0.1) is 0 Å². The zero-order valence-corrected chi connectivity index (χ0v) is 14.3. The van der Waals surface area contributed by atoms with Crippen LogP contribution in [0.3, 0.4) is 0 Å². The van der Waals surface area contributed by atoms with E-state index < -0.39 is 0 Å². The Bertz CT molecular complexity index is 737. The molecule has 0 radical (unpaired) electrons. The monoisotopic (exact) mass is 329 g/mol. The molecule has 0 spiro atoms. The second-order valence-electron chi connectivity index (χ2n) is 7.04. The highest BCUT2D eigenvalue weighted by molar-refractivity contribution is 5.76. The number of morpholine rings is 1. The largest absolute Gasteiger partial charge is 0.379 e. The molecule has 2 fully saturated rings. The summed E-state index contributed by atoms with van der Waals surface area (Å²) in [6.07, 6.45) is 6.06. The topological polar surface area (TPSA) is 39.4 Å². The summed E-state index contributed by atoms with van der Waals surface area (Å²) in [6.45, 7) is 5.23. The van der Waals surface area contributed by atoms with Gasteiger partial charge in [-0.2, -0.15) is 0 Å². The summed E-state index contributed by atoms with van der Waals surface area (Å²) >= 11 is 0. The van der Waals surface area contributed by atoms with Crippen molar-refractivity contribution in [3.8, 4) is 0 Å². The van der Waals surface area contributed by atoms with E-state index in [1.807, 2.05) is 16.7 Å². The molecule has 2 heterocycles. The Morgan fingerprint density at radius 1 is 0.958 bits per heavy atom. The van der Waals surface area contributed by atoms with Crippen molar-refractivity contribution in [3.05, 3.63) is 34.7 Å². The summed E-state index contributed by atoms with van der Waals surface area (Å²) in [4.78, 5) is 15.5. The molecule has 2 aromatic rings. The summed E-state index contributed by atoms with van der Waals surface area (Å²) in [5, 5.41) is 0. The average Bonchev–Trinajstić information content (AvgIpc) is 2.93. The van der Waals surface area contributed by atoms with Gasteiger partial charge in [0, 0.05) is 32.2 Å². The van der Waals surface area contributed by atoms with Crippen LogP contribution in [0.5, 0.6) is 0 Å². The lowest BCUT2D eigenvalue weighted by molar-refractivity contribution is 0.0364. The van der Waals surface area contributed by atoms with Crippen molar-refractivity contribution in [2.24, 2.45) is 0 Å². The minimum absolute atomic E-state index is 0.177. The van der Waals surface area contributed by atoms with E-state index in [1.54, 1.807) is 0 Å². The molecule has 4 rings (SSSR count). The number of nitrogens with zero attached hydrogens (tertiary/aromatic N) is 3. The zero-order chi connectivity index (χ0) is 16.4. The fourth-order valence-corrected chi connectivity index (χ4v) is 4.21. The lowest BCUT2D eigenvalue weighted by Crippen LogP contribution is -2.39. The Labute approximate surface area is 142 Å². The molecule has 2 aliphatic rings. The van der Waals surface area contributed by atoms with E-state index in [2.05, 4.69) is 21.6 Å². The molecule has 0 N–H and O–H groups in total. The Morgan fingerprint density at radius 2 is 1.67 bits per heavy atom. The van der Waals surface area contributed by atoms with Gasteiger partial charge in [-0.1, -0.05) is 31.4 Å². The minimum atomic E-state index is 0.177. The Balaban J connectivity index is 1.64. The van der Waals surface area contributed by atoms with Gasteiger partial charge in [-0.15, -0.1) is 0 Å². The Morgan fingerprint density at radius 3 is 2.42 bits per heavy atom. The first-order valence-corrected chi connectivity index (χ1v) is 9.34. The van der Waals surface area contributed by atoms with Crippen molar-refractivity contribution >= 4 is 11.0 Å². The molecule has 1 aromatic heterocycles. The summed E-state index contributed by atoms with van der Waals surface area (Å²) in [7, 11) is 0. The SMILES string of the molecule is O=c1n(CCN2CCOCC2)c2ccccc2n1C1CCCCC1.